The van der Waals surface area contributed by atoms with Gasteiger partial charge in [0.05, 0.1) is 6.61 Å². The van der Waals surface area contributed by atoms with E-state index >= 15 is 0 Å². The minimum Gasteiger partial charge on any atom is -0.490 e. The number of ether oxygens (including phenoxy) is 1. The Balaban J connectivity index is 2.75. The molecule has 1 N–H and O–H groups in total. The molecule has 0 aliphatic rings. The molecule has 0 aliphatic heterocycles. The second-order valence-corrected chi connectivity index (χ2v) is 3.54. The van der Waals surface area contributed by atoms with E-state index in [4.69, 9.17) is 9.84 Å². The quantitative estimate of drug-likeness (QED) is 0.670. The van der Waals surface area contributed by atoms with Crippen molar-refractivity contribution in [1.82, 2.24) is 0 Å². The first-order valence-corrected chi connectivity index (χ1v) is 4.82. The molecular weight excluding hydrogens is 258 g/mol. The molecule has 0 heterocycles. The smallest absolute Gasteiger partial charge is 0.200 e. The van der Waals surface area contributed by atoms with Crippen LogP contribution in [0.5, 0.6) is 5.75 Å². The van der Waals surface area contributed by atoms with E-state index in [1.165, 1.54) is 6.07 Å². The summed E-state index contributed by atoms with van der Waals surface area (Å²) in [7, 11) is 0. The van der Waals surface area contributed by atoms with Gasteiger partial charge in [-0.1, -0.05) is 15.9 Å². The highest BCUT2D eigenvalue weighted by molar-refractivity contribution is 9.10. The summed E-state index contributed by atoms with van der Waals surface area (Å²) in [6.45, 7) is 0.113. The molecule has 78 valence electrons. The van der Waals surface area contributed by atoms with Crippen LogP contribution in [0.4, 0.5) is 8.78 Å². The number of aliphatic hydroxyl groups is 1. The zero-order valence-corrected chi connectivity index (χ0v) is 8.85. The van der Waals surface area contributed by atoms with Crippen molar-refractivity contribution in [2.24, 2.45) is 0 Å². The molecule has 14 heavy (non-hydrogen) atoms. The minimum absolute atomic E-state index is 0.0435. The largest absolute Gasteiger partial charge is 0.490 e. The summed E-state index contributed by atoms with van der Waals surface area (Å²) in [5, 5.41) is 8.47. The van der Waals surface area contributed by atoms with Crippen LogP contribution in [0.2, 0.25) is 0 Å². The highest BCUT2D eigenvalue weighted by Gasteiger charge is 2.10. The molecule has 0 spiro atoms. The number of benzene rings is 1. The average Bonchev–Trinajstić information content (AvgIpc) is 2.13. The Morgan fingerprint density at radius 1 is 1.36 bits per heavy atom. The molecule has 0 amide bonds. The molecule has 0 saturated heterocycles. The Morgan fingerprint density at radius 2 is 2.07 bits per heavy atom. The molecule has 1 aromatic carbocycles. The van der Waals surface area contributed by atoms with Gasteiger partial charge in [0.2, 0.25) is 5.82 Å². The number of rotatable bonds is 4. The lowest BCUT2D eigenvalue weighted by Crippen LogP contribution is -2.02. The first kappa shape index (κ1) is 11.4. The Bertz CT molecular complexity index is 318. The van der Waals surface area contributed by atoms with E-state index in [1.807, 2.05) is 0 Å². The van der Waals surface area contributed by atoms with E-state index < -0.39 is 11.6 Å². The molecule has 0 aliphatic carbocycles. The molecule has 0 fully saturated rings. The number of hydrogen-bond donors (Lipinski definition) is 1. The van der Waals surface area contributed by atoms with Crippen molar-refractivity contribution in [3.05, 3.63) is 28.2 Å². The van der Waals surface area contributed by atoms with Crippen LogP contribution in [0.3, 0.4) is 0 Å². The van der Waals surface area contributed by atoms with Gasteiger partial charge in [0.25, 0.3) is 0 Å². The van der Waals surface area contributed by atoms with Crippen LogP contribution < -0.4 is 4.74 Å². The molecule has 5 heteroatoms. The van der Waals surface area contributed by atoms with Gasteiger partial charge >= 0.3 is 0 Å². The van der Waals surface area contributed by atoms with Crippen LogP contribution >= 0.6 is 15.9 Å². The normalized spacial score (nSPS) is 10.3. The monoisotopic (exact) mass is 266 g/mol. The van der Waals surface area contributed by atoms with Gasteiger partial charge in [-0.05, 0) is 12.1 Å². The third-order valence-corrected chi connectivity index (χ3v) is 1.98. The second-order valence-electron chi connectivity index (χ2n) is 2.63. The van der Waals surface area contributed by atoms with Gasteiger partial charge in [0.15, 0.2) is 11.6 Å². The van der Waals surface area contributed by atoms with Crippen LogP contribution in [0.1, 0.15) is 6.42 Å². The van der Waals surface area contributed by atoms with E-state index in [-0.39, 0.29) is 19.0 Å². The molecule has 0 aromatic heterocycles. The maximum Gasteiger partial charge on any atom is 0.200 e. The third kappa shape index (κ3) is 2.92. The summed E-state index contributed by atoms with van der Waals surface area (Å²) < 4.78 is 31.2. The standard InChI is InChI=1S/C9H9BrF2O2/c10-6-4-7(11)9(12)8(5-6)14-3-1-2-13/h4-5,13H,1-3H2. The van der Waals surface area contributed by atoms with Gasteiger partial charge in [-0.2, -0.15) is 4.39 Å². The fraction of sp³-hybridized carbons (Fsp3) is 0.333. The number of aliphatic hydroxyl groups excluding tert-OH is 1. The molecule has 1 rings (SSSR count). The first-order chi connectivity index (χ1) is 6.65. The zero-order valence-electron chi connectivity index (χ0n) is 7.27. The van der Waals surface area contributed by atoms with Crippen molar-refractivity contribution in [1.29, 1.82) is 0 Å². The molecule has 2 nitrogen and oxygen atoms in total. The van der Waals surface area contributed by atoms with Crippen LogP contribution in [-0.4, -0.2) is 18.3 Å². The topological polar surface area (TPSA) is 29.5 Å². The lowest BCUT2D eigenvalue weighted by molar-refractivity contribution is 0.227. The Morgan fingerprint density at radius 3 is 2.71 bits per heavy atom. The Kier molecular flexibility index (Phi) is 4.28. The second kappa shape index (κ2) is 5.26. The first-order valence-electron chi connectivity index (χ1n) is 4.03. The molecule has 0 unspecified atom stereocenters. The highest BCUT2D eigenvalue weighted by atomic mass is 79.9. The number of hydrogen-bond acceptors (Lipinski definition) is 2. The van der Waals surface area contributed by atoms with Crippen molar-refractivity contribution >= 4 is 15.9 Å². The van der Waals surface area contributed by atoms with Crippen molar-refractivity contribution in [3.8, 4) is 5.75 Å². The minimum atomic E-state index is -1.01. The maximum atomic E-state index is 13.0. The summed E-state index contributed by atoms with van der Waals surface area (Å²) >= 11 is 3.02. The lowest BCUT2D eigenvalue weighted by Gasteiger charge is -2.07. The third-order valence-electron chi connectivity index (χ3n) is 1.52. The predicted molar refractivity (Wildman–Crippen MR) is 51.3 cm³/mol. The van der Waals surface area contributed by atoms with Crippen molar-refractivity contribution in [2.45, 2.75) is 6.42 Å². The predicted octanol–water partition coefficient (Wildman–Crippen LogP) is 2.49. The van der Waals surface area contributed by atoms with Gasteiger partial charge in [0.1, 0.15) is 0 Å². The van der Waals surface area contributed by atoms with Crippen LogP contribution in [0.15, 0.2) is 16.6 Å². The number of halogens is 3. The fourth-order valence-electron chi connectivity index (χ4n) is 0.884. The van der Waals surface area contributed by atoms with E-state index in [1.54, 1.807) is 0 Å². The maximum absolute atomic E-state index is 13.0. The summed E-state index contributed by atoms with van der Waals surface area (Å²) in [6, 6.07) is 2.37. The summed E-state index contributed by atoms with van der Waals surface area (Å²) in [6.07, 6.45) is 0.383. The fourth-order valence-corrected chi connectivity index (χ4v) is 1.29. The Labute approximate surface area is 88.6 Å². The molecule has 0 radical (unpaired) electrons. The van der Waals surface area contributed by atoms with Crippen LogP contribution in [-0.2, 0) is 0 Å². The summed E-state index contributed by atoms with van der Waals surface area (Å²) in [4.78, 5) is 0. The van der Waals surface area contributed by atoms with Crippen molar-refractivity contribution in [3.63, 3.8) is 0 Å². The van der Waals surface area contributed by atoms with Crippen LogP contribution in [0.25, 0.3) is 0 Å². The molecule has 0 atom stereocenters. The van der Waals surface area contributed by atoms with Gasteiger partial charge in [0, 0.05) is 17.5 Å². The SMILES string of the molecule is OCCCOc1cc(Br)cc(F)c1F. The summed E-state index contributed by atoms with van der Waals surface area (Å²) in [5.74, 6) is -2.12. The zero-order chi connectivity index (χ0) is 10.6. The van der Waals surface area contributed by atoms with E-state index in [0.717, 1.165) is 6.07 Å². The molecule has 1 aromatic rings. The average molecular weight is 267 g/mol. The van der Waals surface area contributed by atoms with Gasteiger partial charge in [-0.3, -0.25) is 0 Å². The van der Waals surface area contributed by atoms with Crippen LogP contribution in [0, 0.1) is 11.6 Å². The highest BCUT2D eigenvalue weighted by Crippen LogP contribution is 2.25. The lowest BCUT2D eigenvalue weighted by atomic mass is 10.3. The molecular formula is C9H9BrF2O2. The summed E-state index contributed by atoms with van der Waals surface area (Å²) in [5.41, 5.74) is 0. The van der Waals surface area contributed by atoms with Gasteiger partial charge < -0.3 is 9.84 Å². The van der Waals surface area contributed by atoms with E-state index in [9.17, 15) is 8.78 Å². The van der Waals surface area contributed by atoms with Crippen molar-refractivity contribution in [2.75, 3.05) is 13.2 Å². The van der Waals surface area contributed by atoms with Gasteiger partial charge in [-0.25, -0.2) is 4.39 Å². The van der Waals surface area contributed by atoms with E-state index in [2.05, 4.69) is 15.9 Å². The van der Waals surface area contributed by atoms with Gasteiger partial charge in [-0.15, -0.1) is 0 Å². The molecule has 0 bridgehead atoms. The Hall–Kier alpha value is -0.680. The van der Waals surface area contributed by atoms with E-state index in [0.29, 0.717) is 10.9 Å². The molecule has 0 saturated carbocycles. The van der Waals surface area contributed by atoms with Crippen molar-refractivity contribution < 1.29 is 18.6 Å².